The molecule has 0 unspecified atom stereocenters. The van der Waals surface area contributed by atoms with E-state index in [9.17, 15) is 9.59 Å². The van der Waals surface area contributed by atoms with E-state index in [1.54, 1.807) is 7.11 Å². The summed E-state index contributed by atoms with van der Waals surface area (Å²) in [6.45, 7) is 3.14. The Kier molecular flexibility index (Phi) is 7.71. The molecule has 0 aromatic heterocycles. The summed E-state index contributed by atoms with van der Waals surface area (Å²) < 4.78 is 5.05. The van der Waals surface area contributed by atoms with Gasteiger partial charge in [0.15, 0.2) is 0 Å². The lowest BCUT2D eigenvalue weighted by Gasteiger charge is -2.23. The minimum absolute atomic E-state index is 0.0834. The van der Waals surface area contributed by atoms with Gasteiger partial charge in [-0.1, -0.05) is 19.3 Å². The summed E-state index contributed by atoms with van der Waals surface area (Å²) in [5.41, 5.74) is 2.30. The molecular weight excluding hydrogens is 354 g/mol. The van der Waals surface area contributed by atoms with Crippen LogP contribution in [0.4, 0.5) is 11.4 Å². The van der Waals surface area contributed by atoms with Crippen LogP contribution in [0, 0.1) is 5.92 Å². The molecule has 0 atom stereocenters. The van der Waals surface area contributed by atoms with Crippen molar-refractivity contribution in [3.8, 4) is 0 Å². The number of methoxy groups -OCH3 is 1. The number of carbonyl (C=O) groups excluding carboxylic acids is 2. The number of hydrogen-bond donors (Lipinski definition) is 2. The number of nitrogens with zero attached hydrogens (tertiary/aromatic N) is 1. The highest BCUT2D eigenvalue weighted by Gasteiger charge is 2.23. The average molecular weight is 388 g/mol. The quantitative estimate of drug-likeness (QED) is 0.669. The van der Waals surface area contributed by atoms with E-state index in [0.29, 0.717) is 24.4 Å². The molecule has 1 aliphatic carbocycles. The van der Waals surface area contributed by atoms with E-state index in [1.165, 1.54) is 6.42 Å². The van der Waals surface area contributed by atoms with Crippen LogP contribution in [0.25, 0.3) is 0 Å². The summed E-state index contributed by atoms with van der Waals surface area (Å²) in [6.07, 6.45) is 8.47. The Labute approximate surface area is 168 Å². The molecule has 1 aliphatic heterocycles. The minimum atomic E-state index is -0.0910. The van der Waals surface area contributed by atoms with Crippen LogP contribution in [0.15, 0.2) is 18.2 Å². The van der Waals surface area contributed by atoms with Gasteiger partial charge in [0.05, 0.1) is 5.56 Å². The van der Waals surface area contributed by atoms with Crippen LogP contribution >= 0.6 is 0 Å². The Morgan fingerprint density at radius 3 is 2.57 bits per heavy atom. The molecule has 28 heavy (non-hydrogen) atoms. The summed E-state index contributed by atoms with van der Waals surface area (Å²) >= 11 is 0. The van der Waals surface area contributed by atoms with Gasteiger partial charge in [0.25, 0.3) is 5.91 Å². The molecular formula is C22H33N3O3. The number of amides is 2. The molecule has 2 N–H and O–H groups in total. The number of benzene rings is 1. The molecule has 1 heterocycles. The maximum atomic E-state index is 12.8. The normalized spacial score (nSPS) is 17.5. The van der Waals surface area contributed by atoms with Crippen LogP contribution < -0.4 is 15.5 Å². The van der Waals surface area contributed by atoms with Crippen LogP contribution in [0.5, 0.6) is 0 Å². The summed E-state index contributed by atoms with van der Waals surface area (Å²) in [5, 5.41) is 6.03. The molecule has 6 heteroatoms. The predicted octanol–water partition coefficient (Wildman–Crippen LogP) is 3.57. The molecule has 154 valence electrons. The van der Waals surface area contributed by atoms with Crippen LogP contribution in [0.3, 0.4) is 0 Å². The van der Waals surface area contributed by atoms with Crippen LogP contribution in [-0.2, 0) is 9.53 Å². The van der Waals surface area contributed by atoms with Crippen LogP contribution in [-0.4, -0.2) is 45.2 Å². The van der Waals surface area contributed by atoms with Gasteiger partial charge in [-0.15, -0.1) is 0 Å². The van der Waals surface area contributed by atoms with E-state index in [2.05, 4.69) is 15.5 Å². The maximum Gasteiger partial charge on any atom is 0.253 e. The van der Waals surface area contributed by atoms with E-state index in [4.69, 9.17) is 4.74 Å². The lowest BCUT2D eigenvalue weighted by molar-refractivity contribution is -0.120. The molecule has 1 aromatic carbocycles. The van der Waals surface area contributed by atoms with Crippen molar-refractivity contribution in [3.63, 3.8) is 0 Å². The Morgan fingerprint density at radius 1 is 1.11 bits per heavy atom. The van der Waals surface area contributed by atoms with Crippen molar-refractivity contribution in [2.45, 2.75) is 51.4 Å². The number of nitrogens with one attached hydrogen (secondary N) is 2. The summed E-state index contributed by atoms with van der Waals surface area (Å²) in [5.74, 6) is 0.0881. The molecule has 3 rings (SSSR count). The van der Waals surface area contributed by atoms with E-state index in [0.717, 1.165) is 63.7 Å². The van der Waals surface area contributed by atoms with E-state index >= 15 is 0 Å². The fraction of sp³-hybridized carbons (Fsp3) is 0.636. The highest BCUT2D eigenvalue weighted by molar-refractivity contribution is 6.02. The van der Waals surface area contributed by atoms with Gasteiger partial charge in [-0.25, -0.2) is 0 Å². The van der Waals surface area contributed by atoms with Crippen molar-refractivity contribution in [1.82, 2.24) is 5.32 Å². The van der Waals surface area contributed by atoms with Gasteiger partial charge in [-0.2, -0.15) is 0 Å². The number of rotatable bonds is 8. The highest BCUT2D eigenvalue weighted by atomic mass is 16.5. The molecule has 1 saturated carbocycles. The van der Waals surface area contributed by atoms with Gasteiger partial charge >= 0.3 is 0 Å². The molecule has 6 nitrogen and oxygen atoms in total. The lowest BCUT2D eigenvalue weighted by Crippen LogP contribution is -2.29. The molecule has 1 aromatic rings. The Balaban J connectivity index is 1.72. The van der Waals surface area contributed by atoms with Crippen molar-refractivity contribution in [2.24, 2.45) is 5.92 Å². The van der Waals surface area contributed by atoms with E-state index in [-0.39, 0.29) is 17.7 Å². The molecule has 2 amide bonds. The fourth-order valence-corrected chi connectivity index (χ4v) is 4.15. The van der Waals surface area contributed by atoms with Crippen molar-refractivity contribution in [3.05, 3.63) is 23.8 Å². The third kappa shape index (κ3) is 5.47. The molecule has 2 fully saturated rings. The standard InChI is InChI=1S/C22H33N3O3/c1-28-15-7-12-23-22(27)19-16-18(10-11-20(19)25-13-5-6-14-25)24-21(26)17-8-3-2-4-9-17/h10-11,16-17H,2-9,12-15H2,1H3,(H,23,27)(H,24,26). The van der Waals surface area contributed by atoms with Gasteiger partial charge in [0, 0.05) is 50.6 Å². The monoisotopic (exact) mass is 387 g/mol. The Hall–Kier alpha value is -2.08. The molecule has 0 spiro atoms. The fourth-order valence-electron chi connectivity index (χ4n) is 4.15. The van der Waals surface area contributed by atoms with E-state index in [1.807, 2.05) is 18.2 Å². The first kappa shape index (κ1) is 20.6. The highest BCUT2D eigenvalue weighted by Crippen LogP contribution is 2.29. The van der Waals surface area contributed by atoms with Crippen molar-refractivity contribution >= 4 is 23.2 Å². The Morgan fingerprint density at radius 2 is 1.86 bits per heavy atom. The summed E-state index contributed by atoms with van der Waals surface area (Å²) in [4.78, 5) is 27.7. The first-order chi connectivity index (χ1) is 13.7. The third-order valence-electron chi connectivity index (χ3n) is 5.74. The molecule has 0 bridgehead atoms. The first-order valence-corrected chi connectivity index (χ1v) is 10.7. The summed E-state index contributed by atoms with van der Waals surface area (Å²) in [7, 11) is 1.66. The van der Waals surface area contributed by atoms with Gasteiger partial charge in [-0.05, 0) is 50.3 Å². The topological polar surface area (TPSA) is 70.7 Å². The number of anilines is 2. The molecule has 2 aliphatic rings. The third-order valence-corrected chi connectivity index (χ3v) is 5.74. The second-order valence-corrected chi connectivity index (χ2v) is 7.85. The maximum absolute atomic E-state index is 12.8. The zero-order valence-electron chi connectivity index (χ0n) is 17.0. The van der Waals surface area contributed by atoms with Gasteiger partial charge in [-0.3, -0.25) is 9.59 Å². The van der Waals surface area contributed by atoms with Gasteiger partial charge in [0.1, 0.15) is 0 Å². The number of carbonyl (C=O) groups is 2. The first-order valence-electron chi connectivity index (χ1n) is 10.7. The molecule has 0 radical (unpaired) electrons. The van der Waals surface area contributed by atoms with Crippen molar-refractivity contribution in [1.29, 1.82) is 0 Å². The Bertz CT molecular complexity index is 665. The molecule has 1 saturated heterocycles. The van der Waals surface area contributed by atoms with Gasteiger partial charge in [0.2, 0.25) is 5.91 Å². The zero-order chi connectivity index (χ0) is 19.8. The van der Waals surface area contributed by atoms with Crippen LogP contribution in [0.2, 0.25) is 0 Å². The lowest BCUT2D eigenvalue weighted by atomic mass is 9.88. The summed E-state index contributed by atoms with van der Waals surface area (Å²) in [6, 6.07) is 5.74. The SMILES string of the molecule is COCCCNC(=O)c1cc(NC(=O)C2CCCCC2)ccc1N1CCCC1. The second-order valence-electron chi connectivity index (χ2n) is 7.85. The zero-order valence-corrected chi connectivity index (χ0v) is 17.0. The minimum Gasteiger partial charge on any atom is -0.385 e. The smallest absolute Gasteiger partial charge is 0.253 e. The predicted molar refractivity (Wildman–Crippen MR) is 112 cm³/mol. The number of hydrogen-bond acceptors (Lipinski definition) is 4. The van der Waals surface area contributed by atoms with E-state index < -0.39 is 0 Å². The van der Waals surface area contributed by atoms with Crippen molar-refractivity contribution in [2.75, 3.05) is 43.6 Å². The number of ether oxygens (including phenoxy) is 1. The second kappa shape index (κ2) is 10.5. The van der Waals surface area contributed by atoms with Gasteiger partial charge < -0.3 is 20.3 Å². The average Bonchev–Trinajstić information content (AvgIpc) is 3.26. The van der Waals surface area contributed by atoms with Crippen LogP contribution in [0.1, 0.15) is 61.7 Å². The largest absolute Gasteiger partial charge is 0.385 e. The van der Waals surface area contributed by atoms with Crippen molar-refractivity contribution < 1.29 is 14.3 Å².